The molecule has 1 spiro atoms. The van der Waals surface area contributed by atoms with Crippen LogP contribution in [-0.4, -0.2) is 41.4 Å². The molecule has 172 valence electrons. The van der Waals surface area contributed by atoms with E-state index in [1.807, 2.05) is 42.5 Å². The maximum absolute atomic E-state index is 14.2. The zero-order valence-electron chi connectivity index (χ0n) is 19.1. The van der Waals surface area contributed by atoms with E-state index in [9.17, 15) is 14.4 Å². The minimum absolute atomic E-state index is 0.00301. The van der Waals surface area contributed by atoms with Gasteiger partial charge in [0, 0.05) is 24.6 Å². The van der Waals surface area contributed by atoms with Crippen LogP contribution in [0, 0.1) is 11.3 Å². The van der Waals surface area contributed by atoms with Crippen LogP contribution < -0.4 is 0 Å². The Hall–Kier alpha value is -2.99. The summed E-state index contributed by atoms with van der Waals surface area (Å²) in [5.41, 5.74) is 0.445. The molecule has 2 heterocycles. The van der Waals surface area contributed by atoms with E-state index in [0.29, 0.717) is 12.1 Å². The van der Waals surface area contributed by atoms with Crippen LogP contribution in [0.2, 0.25) is 0 Å². The average molecular weight is 448 g/mol. The number of fused-ring (bicyclic) bond motifs is 3. The van der Waals surface area contributed by atoms with Gasteiger partial charge in [0.15, 0.2) is 11.2 Å². The lowest BCUT2D eigenvalue weighted by Gasteiger charge is -2.45. The fourth-order valence-corrected chi connectivity index (χ4v) is 6.44. The Balaban J connectivity index is 1.64. The lowest BCUT2D eigenvalue weighted by atomic mass is 9.76. The minimum atomic E-state index is -1.46. The summed E-state index contributed by atoms with van der Waals surface area (Å²) < 4.78 is 10.8. The van der Waals surface area contributed by atoms with E-state index in [1.165, 1.54) is 0 Å². The Bertz CT molecular complexity index is 1080. The number of nitrogens with zero attached hydrogens (tertiary/aromatic N) is 1. The summed E-state index contributed by atoms with van der Waals surface area (Å²) in [6.45, 7) is 4.37. The lowest BCUT2D eigenvalue weighted by Crippen LogP contribution is -2.56. The number of Topliss-reactive ketones (excluding diaryl/α,β-unsaturated/α-hetero) is 1. The van der Waals surface area contributed by atoms with Crippen LogP contribution in [0.25, 0.3) is 0 Å². The Kier molecular flexibility index (Phi) is 5.36. The van der Waals surface area contributed by atoms with Gasteiger partial charge in [0.05, 0.1) is 18.8 Å². The highest BCUT2D eigenvalue weighted by molar-refractivity contribution is 6.10. The van der Waals surface area contributed by atoms with Crippen LogP contribution in [-0.2, 0) is 25.6 Å². The van der Waals surface area contributed by atoms with E-state index < -0.39 is 22.9 Å². The normalized spacial score (nSPS) is 27.0. The third-order valence-electron chi connectivity index (χ3n) is 7.72. The first-order valence-corrected chi connectivity index (χ1v) is 11.8. The van der Waals surface area contributed by atoms with E-state index in [0.717, 1.165) is 17.5 Å². The second kappa shape index (κ2) is 8.10. The molecule has 0 aromatic heterocycles. The standard InChI is InChI=1S/C27H29NO5/c1-3-32-24(30)26(25(31)33-4-2)15-19-14-22-20-12-8-9-13-21(20)23(29)27(19,17-26)28(22)16-18-10-6-5-7-11-18/h5-13,19,22H,3-4,14-17H2,1-2H3/t19-,22-,27+/m0/s1. The maximum atomic E-state index is 14.2. The molecule has 1 saturated heterocycles. The predicted octanol–water partition coefficient (Wildman–Crippen LogP) is 4.09. The second-order valence-corrected chi connectivity index (χ2v) is 9.31. The van der Waals surface area contributed by atoms with Crippen molar-refractivity contribution in [3.63, 3.8) is 0 Å². The summed E-state index contributed by atoms with van der Waals surface area (Å²) in [6.07, 6.45) is 1.08. The molecule has 0 unspecified atom stereocenters. The topological polar surface area (TPSA) is 72.9 Å². The van der Waals surface area contributed by atoms with Gasteiger partial charge in [0.1, 0.15) is 0 Å². The van der Waals surface area contributed by atoms with E-state index in [2.05, 4.69) is 17.0 Å². The zero-order chi connectivity index (χ0) is 23.2. The van der Waals surface area contributed by atoms with Gasteiger partial charge in [-0.1, -0.05) is 54.6 Å². The zero-order valence-corrected chi connectivity index (χ0v) is 19.1. The maximum Gasteiger partial charge on any atom is 0.323 e. The van der Waals surface area contributed by atoms with E-state index >= 15 is 0 Å². The van der Waals surface area contributed by atoms with Gasteiger partial charge in [-0.3, -0.25) is 19.3 Å². The van der Waals surface area contributed by atoms with Crippen molar-refractivity contribution in [3.05, 3.63) is 71.3 Å². The Morgan fingerprint density at radius 2 is 1.61 bits per heavy atom. The van der Waals surface area contributed by atoms with Crippen LogP contribution in [0.3, 0.4) is 0 Å². The lowest BCUT2D eigenvalue weighted by molar-refractivity contribution is -0.172. The van der Waals surface area contributed by atoms with Crippen LogP contribution in [0.5, 0.6) is 0 Å². The van der Waals surface area contributed by atoms with Gasteiger partial charge >= 0.3 is 11.9 Å². The van der Waals surface area contributed by atoms with Crippen LogP contribution in [0.1, 0.15) is 60.6 Å². The minimum Gasteiger partial charge on any atom is -0.465 e. The molecule has 1 saturated carbocycles. The molecule has 1 aliphatic carbocycles. The number of carbonyl (C=O) groups is 3. The first kappa shape index (κ1) is 21.8. The van der Waals surface area contributed by atoms with Crippen LogP contribution >= 0.6 is 0 Å². The molecular formula is C27H29NO5. The molecule has 0 N–H and O–H groups in total. The molecule has 6 heteroatoms. The fourth-order valence-electron chi connectivity index (χ4n) is 6.44. The van der Waals surface area contributed by atoms with Crippen LogP contribution in [0.15, 0.2) is 54.6 Å². The van der Waals surface area contributed by atoms with Gasteiger partial charge in [-0.2, -0.15) is 0 Å². The van der Waals surface area contributed by atoms with Crippen LogP contribution in [0.4, 0.5) is 0 Å². The number of carbonyl (C=O) groups excluding carboxylic acids is 3. The van der Waals surface area contributed by atoms with Gasteiger partial charge in [-0.25, -0.2) is 0 Å². The third kappa shape index (κ3) is 3.07. The largest absolute Gasteiger partial charge is 0.465 e. The quantitative estimate of drug-likeness (QED) is 0.491. The molecule has 2 aliphatic heterocycles. The molecular weight excluding hydrogens is 418 g/mol. The summed E-state index contributed by atoms with van der Waals surface area (Å²) in [7, 11) is 0. The van der Waals surface area contributed by atoms with Crippen molar-refractivity contribution < 1.29 is 23.9 Å². The van der Waals surface area contributed by atoms with Gasteiger partial charge in [0.25, 0.3) is 0 Å². The summed E-state index contributed by atoms with van der Waals surface area (Å²) in [5, 5.41) is 0. The first-order valence-electron chi connectivity index (χ1n) is 11.8. The number of benzene rings is 2. The highest BCUT2D eigenvalue weighted by atomic mass is 16.6. The number of hydrogen-bond donors (Lipinski definition) is 0. The van der Waals surface area contributed by atoms with Crippen molar-refractivity contribution in [3.8, 4) is 0 Å². The summed E-state index contributed by atoms with van der Waals surface area (Å²) in [4.78, 5) is 42.9. The Morgan fingerprint density at radius 3 is 2.27 bits per heavy atom. The Labute approximate surface area is 193 Å². The van der Waals surface area contributed by atoms with E-state index in [-0.39, 0.29) is 43.8 Å². The highest BCUT2D eigenvalue weighted by Gasteiger charge is 2.73. The summed E-state index contributed by atoms with van der Waals surface area (Å²) in [5.74, 6) is -1.28. The highest BCUT2D eigenvalue weighted by Crippen LogP contribution is 2.64. The predicted molar refractivity (Wildman–Crippen MR) is 121 cm³/mol. The smallest absolute Gasteiger partial charge is 0.323 e. The summed E-state index contributed by atoms with van der Waals surface area (Å²) in [6, 6.07) is 17.9. The van der Waals surface area contributed by atoms with Crippen molar-refractivity contribution in [2.75, 3.05) is 13.2 Å². The van der Waals surface area contributed by atoms with Gasteiger partial charge in [0.2, 0.25) is 0 Å². The van der Waals surface area contributed by atoms with Crippen molar-refractivity contribution in [2.24, 2.45) is 11.3 Å². The molecule has 6 nitrogen and oxygen atoms in total. The van der Waals surface area contributed by atoms with Gasteiger partial charge in [-0.15, -0.1) is 0 Å². The average Bonchev–Trinajstić information content (AvgIpc) is 3.29. The molecule has 2 bridgehead atoms. The number of esters is 2. The number of hydrogen-bond acceptors (Lipinski definition) is 6. The molecule has 3 atom stereocenters. The van der Waals surface area contributed by atoms with Crippen molar-refractivity contribution in [2.45, 2.75) is 51.2 Å². The number of ketones is 1. The molecule has 0 amide bonds. The summed E-state index contributed by atoms with van der Waals surface area (Å²) >= 11 is 0. The fraction of sp³-hybridized carbons (Fsp3) is 0.444. The van der Waals surface area contributed by atoms with Crippen molar-refractivity contribution in [1.29, 1.82) is 0 Å². The molecule has 2 aromatic carbocycles. The third-order valence-corrected chi connectivity index (χ3v) is 7.72. The molecule has 3 aliphatic rings. The SMILES string of the molecule is CCOC(=O)C1(C(=O)OCC)C[C@@H]2C[C@H]3c4ccccc4C(=O)[C@]2(C1)N3Cc1ccccc1. The van der Waals surface area contributed by atoms with Gasteiger partial charge in [-0.05, 0) is 43.7 Å². The van der Waals surface area contributed by atoms with Crippen molar-refractivity contribution in [1.82, 2.24) is 4.90 Å². The molecule has 0 radical (unpaired) electrons. The molecule has 2 aromatic rings. The second-order valence-electron chi connectivity index (χ2n) is 9.31. The number of ether oxygens (including phenoxy) is 2. The number of rotatable bonds is 6. The first-order chi connectivity index (χ1) is 16.0. The van der Waals surface area contributed by atoms with E-state index in [4.69, 9.17) is 9.47 Å². The molecule has 33 heavy (non-hydrogen) atoms. The van der Waals surface area contributed by atoms with Gasteiger partial charge < -0.3 is 9.47 Å². The Morgan fingerprint density at radius 1 is 0.970 bits per heavy atom. The molecule has 2 fully saturated rings. The monoisotopic (exact) mass is 447 g/mol. The van der Waals surface area contributed by atoms with E-state index in [1.54, 1.807) is 13.8 Å². The van der Waals surface area contributed by atoms with Crippen molar-refractivity contribution >= 4 is 17.7 Å². The molecule has 5 rings (SSSR count).